The molecule has 4 amide bonds. The van der Waals surface area contributed by atoms with E-state index in [1.807, 2.05) is 0 Å². The Morgan fingerprint density at radius 3 is 2.16 bits per heavy atom. The second-order valence-electron chi connectivity index (χ2n) is 8.82. The molecule has 1 fully saturated rings. The topological polar surface area (TPSA) is 113 Å². The minimum Gasteiger partial charge on any atom is -0.312 e. The lowest BCUT2D eigenvalue weighted by Gasteiger charge is -2.16. The van der Waals surface area contributed by atoms with Crippen LogP contribution in [0.15, 0.2) is 72.8 Å². The predicted molar refractivity (Wildman–Crippen MR) is 143 cm³/mol. The number of amides is 4. The average Bonchev–Trinajstić information content (AvgIpc) is 3.62. The standard InChI is InChI=1S/C27H18ClN5O4S/c28-17-7-11-18(12-8-17)32-14-16(13-22(32)34)24-30-31-27(38-24)29-23(35)15-5-9-19(10-6-15)33-25(36)20-3-1-2-4-21(20)26(33)37/h1-12,16H,13-14H2,(H,29,31,35). The minimum absolute atomic E-state index is 0.0174. The maximum atomic E-state index is 12.8. The van der Waals surface area contributed by atoms with Crippen LogP contribution in [0.5, 0.6) is 0 Å². The molecule has 0 saturated carbocycles. The summed E-state index contributed by atoms with van der Waals surface area (Å²) < 4.78 is 0. The number of nitrogens with zero attached hydrogens (tertiary/aromatic N) is 4. The Kier molecular flexibility index (Phi) is 5.97. The van der Waals surface area contributed by atoms with Gasteiger partial charge in [0.05, 0.1) is 16.8 Å². The molecular weight excluding hydrogens is 526 g/mol. The molecule has 9 nitrogen and oxygen atoms in total. The second kappa shape index (κ2) is 9.47. The first-order chi connectivity index (χ1) is 18.4. The number of imide groups is 1. The molecule has 3 heterocycles. The Morgan fingerprint density at radius 1 is 0.868 bits per heavy atom. The van der Waals surface area contributed by atoms with Gasteiger partial charge in [0.2, 0.25) is 11.0 Å². The Morgan fingerprint density at radius 2 is 1.50 bits per heavy atom. The number of carbonyl (C=O) groups excluding carboxylic acids is 4. The van der Waals surface area contributed by atoms with Gasteiger partial charge < -0.3 is 4.90 Å². The number of hydrogen-bond donors (Lipinski definition) is 1. The Bertz CT molecular complexity index is 1570. The van der Waals surface area contributed by atoms with E-state index in [9.17, 15) is 19.2 Å². The molecule has 38 heavy (non-hydrogen) atoms. The molecule has 6 rings (SSSR count). The van der Waals surface area contributed by atoms with Crippen molar-refractivity contribution in [3.05, 3.63) is 99.5 Å². The van der Waals surface area contributed by atoms with Gasteiger partial charge in [-0.1, -0.05) is 35.1 Å². The molecule has 1 atom stereocenters. The van der Waals surface area contributed by atoms with Gasteiger partial charge in [0.25, 0.3) is 17.7 Å². The number of halogens is 1. The predicted octanol–water partition coefficient (Wildman–Crippen LogP) is 4.76. The lowest BCUT2D eigenvalue weighted by atomic mass is 10.1. The molecular formula is C27H18ClN5O4S. The second-order valence-corrected chi connectivity index (χ2v) is 10.3. The lowest BCUT2D eigenvalue weighted by Crippen LogP contribution is -2.29. The first kappa shape index (κ1) is 24.0. The van der Waals surface area contributed by atoms with Crippen LogP contribution in [0.3, 0.4) is 0 Å². The van der Waals surface area contributed by atoms with Gasteiger partial charge in [0.1, 0.15) is 5.01 Å². The number of fused-ring (bicyclic) bond motifs is 1. The zero-order valence-electron chi connectivity index (χ0n) is 19.6. The van der Waals surface area contributed by atoms with Gasteiger partial charge in [-0.3, -0.25) is 24.5 Å². The van der Waals surface area contributed by atoms with Crippen LogP contribution in [0.1, 0.15) is 48.4 Å². The molecule has 2 aliphatic heterocycles. The number of benzene rings is 3. The first-order valence-electron chi connectivity index (χ1n) is 11.7. The fraction of sp³-hybridized carbons (Fsp3) is 0.111. The molecule has 0 aliphatic carbocycles. The van der Waals surface area contributed by atoms with E-state index in [2.05, 4.69) is 15.5 Å². The van der Waals surface area contributed by atoms with Gasteiger partial charge in [0, 0.05) is 35.2 Å². The summed E-state index contributed by atoms with van der Waals surface area (Å²) >= 11 is 7.17. The summed E-state index contributed by atoms with van der Waals surface area (Å²) in [6.07, 6.45) is 0.296. The summed E-state index contributed by atoms with van der Waals surface area (Å²) in [4.78, 5) is 53.6. The number of anilines is 3. The highest BCUT2D eigenvalue weighted by molar-refractivity contribution is 7.15. The van der Waals surface area contributed by atoms with Gasteiger partial charge in [-0.2, -0.15) is 0 Å². The Labute approximate surface area is 225 Å². The molecule has 0 bridgehead atoms. The Hall–Kier alpha value is -4.41. The van der Waals surface area contributed by atoms with Gasteiger partial charge in [-0.25, -0.2) is 4.90 Å². The van der Waals surface area contributed by atoms with Crippen LogP contribution in [-0.4, -0.2) is 40.4 Å². The zero-order valence-corrected chi connectivity index (χ0v) is 21.2. The minimum atomic E-state index is -0.410. The van der Waals surface area contributed by atoms with Gasteiger partial charge >= 0.3 is 0 Å². The molecule has 1 N–H and O–H groups in total. The van der Waals surface area contributed by atoms with Crippen molar-refractivity contribution < 1.29 is 19.2 Å². The summed E-state index contributed by atoms with van der Waals surface area (Å²) in [5, 5.41) is 12.6. The van der Waals surface area contributed by atoms with Crippen LogP contribution in [0, 0.1) is 0 Å². The van der Waals surface area contributed by atoms with Gasteiger partial charge in [-0.15, -0.1) is 10.2 Å². The molecule has 188 valence electrons. The van der Waals surface area contributed by atoms with E-state index >= 15 is 0 Å². The van der Waals surface area contributed by atoms with Crippen LogP contribution in [-0.2, 0) is 4.79 Å². The number of nitrogens with one attached hydrogen (secondary N) is 1. The summed E-state index contributed by atoms with van der Waals surface area (Å²) in [5.41, 5.74) is 2.18. The monoisotopic (exact) mass is 543 g/mol. The van der Waals surface area contributed by atoms with Crippen LogP contribution in [0.4, 0.5) is 16.5 Å². The maximum Gasteiger partial charge on any atom is 0.266 e. The number of rotatable bonds is 5. The maximum absolute atomic E-state index is 12.8. The van der Waals surface area contributed by atoms with Crippen molar-refractivity contribution >= 4 is 63.1 Å². The summed E-state index contributed by atoms with van der Waals surface area (Å²) in [6, 6.07) is 19.9. The fourth-order valence-corrected chi connectivity index (χ4v) is 5.50. The Balaban J connectivity index is 1.12. The molecule has 2 aliphatic rings. The largest absolute Gasteiger partial charge is 0.312 e. The highest BCUT2D eigenvalue weighted by Gasteiger charge is 2.36. The SMILES string of the molecule is O=C(Nc1nnc(C2CC(=O)N(c3ccc(Cl)cc3)C2)s1)c1ccc(N2C(=O)c3ccccc3C2=O)cc1. The van der Waals surface area contributed by atoms with Crippen LogP contribution < -0.4 is 15.1 Å². The smallest absolute Gasteiger partial charge is 0.266 e. The van der Waals surface area contributed by atoms with E-state index < -0.39 is 17.7 Å². The van der Waals surface area contributed by atoms with E-state index in [4.69, 9.17) is 11.6 Å². The van der Waals surface area contributed by atoms with E-state index in [1.165, 1.54) is 23.5 Å². The average molecular weight is 544 g/mol. The molecule has 11 heteroatoms. The third-order valence-electron chi connectivity index (χ3n) is 6.46. The highest BCUT2D eigenvalue weighted by atomic mass is 35.5. The summed E-state index contributed by atoms with van der Waals surface area (Å²) in [7, 11) is 0. The van der Waals surface area contributed by atoms with Crippen molar-refractivity contribution in [2.24, 2.45) is 0 Å². The van der Waals surface area contributed by atoms with Crippen molar-refractivity contribution in [3.63, 3.8) is 0 Å². The third kappa shape index (κ3) is 4.23. The number of aromatic nitrogens is 2. The van der Waals surface area contributed by atoms with E-state index in [1.54, 1.807) is 65.6 Å². The van der Waals surface area contributed by atoms with E-state index in [0.29, 0.717) is 50.5 Å². The summed E-state index contributed by atoms with van der Waals surface area (Å²) in [6.45, 7) is 0.461. The number of carbonyl (C=O) groups is 4. The number of hydrogen-bond acceptors (Lipinski definition) is 7. The summed E-state index contributed by atoms with van der Waals surface area (Å²) in [5.74, 6) is -1.36. The van der Waals surface area contributed by atoms with Gasteiger partial charge in [-0.05, 0) is 60.7 Å². The van der Waals surface area contributed by atoms with Crippen molar-refractivity contribution in [1.82, 2.24) is 10.2 Å². The van der Waals surface area contributed by atoms with E-state index in [-0.39, 0.29) is 11.8 Å². The normalized spacial score (nSPS) is 16.8. The molecule has 4 aromatic rings. The third-order valence-corrected chi connectivity index (χ3v) is 7.71. The van der Waals surface area contributed by atoms with Crippen LogP contribution >= 0.6 is 22.9 Å². The first-order valence-corrected chi connectivity index (χ1v) is 12.9. The van der Waals surface area contributed by atoms with Crippen LogP contribution in [0.2, 0.25) is 5.02 Å². The van der Waals surface area contributed by atoms with Gasteiger partial charge in [0.15, 0.2) is 0 Å². The van der Waals surface area contributed by atoms with Crippen molar-refractivity contribution in [1.29, 1.82) is 0 Å². The van der Waals surface area contributed by atoms with Crippen LogP contribution in [0.25, 0.3) is 0 Å². The molecule has 0 spiro atoms. The lowest BCUT2D eigenvalue weighted by molar-refractivity contribution is -0.117. The van der Waals surface area contributed by atoms with Crippen molar-refractivity contribution in [2.75, 3.05) is 21.7 Å². The molecule has 1 unspecified atom stereocenters. The molecule has 0 radical (unpaired) electrons. The molecule has 1 aromatic heterocycles. The molecule has 1 saturated heterocycles. The van der Waals surface area contributed by atoms with E-state index in [0.717, 1.165) is 10.6 Å². The van der Waals surface area contributed by atoms with Crippen molar-refractivity contribution in [2.45, 2.75) is 12.3 Å². The highest BCUT2D eigenvalue weighted by Crippen LogP contribution is 2.35. The quantitative estimate of drug-likeness (QED) is 0.363. The fourth-order valence-electron chi connectivity index (χ4n) is 4.55. The molecule has 3 aromatic carbocycles. The zero-order chi connectivity index (χ0) is 26.4. The van der Waals surface area contributed by atoms with Crippen molar-refractivity contribution in [3.8, 4) is 0 Å².